The van der Waals surface area contributed by atoms with Gasteiger partial charge in [0.05, 0.1) is 11.4 Å². The molecule has 19 heavy (non-hydrogen) atoms. The zero-order valence-corrected chi connectivity index (χ0v) is 12.4. The monoisotopic (exact) mass is 344 g/mol. The fourth-order valence-electron chi connectivity index (χ4n) is 1.46. The van der Waals surface area contributed by atoms with Crippen LogP contribution in [0.3, 0.4) is 0 Å². The first-order valence-electron chi connectivity index (χ1n) is 5.39. The van der Waals surface area contributed by atoms with E-state index in [-0.39, 0.29) is 24.7 Å². The number of ketones is 1. The van der Waals surface area contributed by atoms with Gasteiger partial charge in [0.2, 0.25) is 11.7 Å². The largest absolute Gasteiger partial charge is 0.377 e. The molecule has 1 heterocycles. The molecule has 7 heteroatoms. The Labute approximate surface area is 123 Å². The number of hydrogen-bond donors (Lipinski definition) is 0. The fourth-order valence-corrected chi connectivity index (χ4v) is 1.96. The fraction of sp³-hybridized carbons (Fsp3) is 0.250. The van der Waals surface area contributed by atoms with Crippen molar-refractivity contribution in [3.05, 3.63) is 33.6 Å². The number of benzene rings is 1. The van der Waals surface area contributed by atoms with Crippen LogP contribution in [-0.4, -0.2) is 29.6 Å². The average molecular weight is 346 g/mol. The van der Waals surface area contributed by atoms with Crippen molar-refractivity contribution in [1.29, 1.82) is 0 Å². The molecule has 0 bridgehead atoms. The van der Waals surface area contributed by atoms with Gasteiger partial charge >= 0.3 is 0 Å². The van der Waals surface area contributed by atoms with Crippen molar-refractivity contribution in [1.82, 2.24) is 10.1 Å². The van der Waals surface area contributed by atoms with Crippen LogP contribution < -0.4 is 0 Å². The summed E-state index contributed by atoms with van der Waals surface area (Å²) in [7, 11) is 1.46. The minimum absolute atomic E-state index is 0.0320. The van der Waals surface area contributed by atoms with E-state index < -0.39 is 0 Å². The maximum atomic E-state index is 11.4. The Balaban J connectivity index is 2.16. The Morgan fingerprint density at radius 1 is 1.53 bits per heavy atom. The third-order valence-electron chi connectivity index (χ3n) is 2.30. The van der Waals surface area contributed by atoms with Crippen LogP contribution in [0.1, 0.15) is 5.89 Å². The van der Waals surface area contributed by atoms with E-state index in [2.05, 4.69) is 26.1 Å². The molecule has 100 valence electrons. The first kappa shape index (κ1) is 14.2. The van der Waals surface area contributed by atoms with Crippen LogP contribution in [-0.2, 0) is 16.0 Å². The predicted octanol–water partition coefficient (Wildman–Crippen LogP) is 2.91. The number of nitrogens with zero attached hydrogens (tertiary/aromatic N) is 2. The quantitative estimate of drug-likeness (QED) is 0.833. The minimum Gasteiger partial charge on any atom is -0.377 e. The summed E-state index contributed by atoms with van der Waals surface area (Å²) >= 11 is 9.23. The number of Topliss-reactive ketones (excluding diaryl/α,β-unsaturated/α-hetero) is 1. The highest BCUT2D eigenvalue weighted by Crippen LogP contribution is 2.27. The molecule has 2 rings (SSSR count). The van der Waals surface area contributed by atoms with Gasteiger partial charge in [-0.05, 0) is 34.1 Å². The molecule has 0 saturated carbocycles. The molecule has 0 radical (unpaired) electrons. The van der Waals surface area contributed by atoms with Crippen LogP contribution in [0.2, 0.25) is 5.02 Å². The zero-order valence-electron chi connectivity index (χ0n) is 10.0. The van der Waals surface area contributed by atoms with Crippen LogP contribution in [0.25, 0.3) is 11.4 Å². The first-order chi connectivity index (χ1) is 9.10. The van der Waals surface area contributed by atoms with Crippen LogP contribution in [0, 0.1) is 0 Å². The minimum atomic E-state index is -0.116. The molecule has 0 spiro atoms. The molecular formula is C12H10BrClN2O3. The maximum Gasteiger partial charge on any atom is 0.234 e. The van der Waals surface area contributed by atoms with Crippen molar-refractivity contribution >= 4 is 33.3 Å². The predicted molar refractivity (Wildman–Crippen MR) is 73.0 cm³/mol. The third-order valence-corrected chi connectivity index (χ3v) is 3.51. The zero-order chi connectivity index (χ0) is 13.8. The van der Waals surface area contributed by atoms with E-state index in [9.17, 15) is 4.79 Å². The topological polar surface area (TPSA) is 65.2 Å². The number of hydrogen-bond acceptors (Lipinski definition) is 5. The second-order valence-electron chi connectivity index (χ2n) is 3.79. The van der Waals surface area contributed by atoms with E-state index in [0.29, 0.717) is 10.8 Å². The number of halogens is 2. The Kier molecular flexibility index (Phi) is 4.68. The van der Waals surface area contributed by atoms with Crippen LogP contribution in [0.15, 0.2) is 27.2 Å². The van der Waals surface area contributed by atoms with E-state index in [1.807, 2.05) is 0 Å². The molecule has 5 nitrogen and oxygen atoms in total. The molecule has 1 aromatic heterocycles. The molecular weight excluding hydrogens is 336 g/mol. The van der Waals surface area contributed by atoms with Gasteiger partial charge in [-0.2, -0.15) is 4.98 Å². The lowest BCUT2D eigenvalue weighted by molar-refractivity contribution is -0.122. The highest BCUT2D eigenvalue weighted by Gasteiger charge is 2.13. The molecule has 2 aromatic rings. The molecule has 0 unspecified atom stereocenters. The van der Waals surface area contributed by atoms with E-state index in [0.717, 1.165) is 10.0 Å². The highest BCUT2D eigenvalue weighted by atomic mass is 79.9. The SMILES string of the molecule is COCC(=O)Cc1nc(-c2ccc(Cl)c(Br)c2)no1. The lowest BCUT2D eigenvalue weighted by Gasteiger charge is -1.97. The summed E-state index contributed by atoms with van der Waals surface area (Å²) < 4.78 is 10.5. The van der Waals surface area contributed by atoms with Gasteiger partial charge in [-0.15, -0.1) is 0 Å². The van der Waals surface area contributed by atoms with E-state index in [1.165, 1.54) is 7.11 Å². The number of methoxy groups -OCH3 is 1. The second kappa shape index (κ2) is 6.27. The van der Waals surface area contributed by atoms with Crippen LogP contribution in [0.4, 0.5) is 0 Å². The number of aromatic nitrogens is 2. The van der Waals surface area contributed by atoms with Gasteiger partial charge in [0.1, 0.15) is 6.61 Å². The van der Waals surface area contributed by atoms with E-state index in [4.69, 9.17) is 20.9 Å². The van der Waals surface area contributed by atoms with Crippen molar-refractivity contribution in [2.75, 3.05) is 13.7 Å². The number of carbonyl (C=O) groups is 1. The van der Waals surface area contributed by atoms with Crippen molar-refractivity contribution in [3.63, 3.8) is 0 Å². The van der Waals surface area contributed by atoms with E-state index in [1.54, 1.807) is 18.2 Å². The van der Waals surface area contributed by atoms with Gasteiger partial charge in [-0.3, -0.25) is 4.79 Å². The second-order valence-corrected chi connectivity index (χ2v) is 5.05. The van der Waals surface area contributed by atoms with Gasteiger partial charge in [0, 0.05) is 17.1 Å². The van der Waals surface area contributed by atoms with Crippen molar-refractivity contribution < 1.29 is 14.1 Å². The van der Waals surface area contributed by atoms with Gasteiger partial charge in [0.15, 0.2) is 5.78 Å². The molecule has 0 amide bonds. The van der Waals surface area contributed by atoms with Gasteiger partial charge < -0.3 is 9.26 Å². The van der Waals surface area contributed by atoms with E-state index >= 15 is 0 Å². The number of ether oxygens (including phenoxy) is 1. The lowest BCUT2D eigenvalue weighted by atomic mass is 10.2. The Morgan fingerprint density at radius 2 is 2.32 bits per heavy atom. The molecule has 0 aliphatic rings. The van der Waals surface area contributed by atoms with Crippen molar-refractivity contribution in [3.8, 4) is 11.4 Å². The molecule has 0 aliphatic carbocycles. The Morgan fingerprint density at radius 3 is 3.00 bits per heavy atom. The Hall–Kier alpha value is -1.24. The van der Waals surface area contributed by atoms with Gasteiger partial charge in [0.25, 0.3) is 0 Å². The summed E-state index contributed by atoms with van der Waals surface area (Å²) in [6.07, 6.45) is 0.0651. The van der Waals surface area contributed by atoms with Crippen LogP contribution in [0.5, 0.6) is 0 Å². The lowest BCUT2D eigenvalue weighted by Crippen LogP contribution is -2.09. The highest BCUT2D eigenvalue weighted by molar-refractivity contribution is 9.10. The Bertz CT molecular complexity index is 600. The number of carbonyl (C=O) groups excluding carboxylic acids is 1. The van der Waals surface area contributed by atoms with Gasteiger partial charge in [-0.25, -0.2) is 0 Å². The summed E-state index contributed by atoms with van der Waals surface area (Å²) in [6.45, 7) is 0.0320. The third kappa shape index (κ3) is 3.62. The molecule has 0 N–H and O–H groups in total. The molecule has 0 fully saturated rings. The summed E-state index contributed by atoms with van der Waals surface area (Å²) in [5, 5.41) is 4.43. The van der Waals surface area contributed by atoms with Crippen LogP contribution >= 0.6 is 27.5 Å². The molecule has 0 atom stereocenters. The van der Waals surface area contributed by atoms with Gasteiger partial charge in [-0.1, -0.05) is 16.8 Å². The maximum absolute atomic E-state index is 11.4. The normalized spacial score (nSPS) is 10.7. The average Bonchev–Trinajstić information content (AvgIpc) is 2.81. The molecule has 0 aliphatic heterocycles. The molecule has 0 saturated heterocycles. The van der Waals surface area contributed by atoms with Crippen molar-refractivity contribution in [2.24, 2.45) is 0 Å². The standard InChI is InChI=1S/C12H10BrClN2O3/c1-18-6-8(17)5-11-15-12(16-19-11)7-2-3-10(14)9(13)4-7/h2-4H,5-6H2,1H3. The summed E-state index contributed by atoms with van der Waals surface area (Å²) in [6, 6.07) is 5.29. The summed E-state index contributed by atoms with van der Waals surface area (Å²) in [5.41, 5.74) is 0.755. The number of rotatable bonds is 5. The summed E-state index contributed by atoms with van der Waals surface area (Å²) in [5.74, 6) is 0.565. The molecule has 1 aromatic carbocycles. The smallest absolute Gasteiger partial charge is 0.234 e. The first-order valence-corrected chi connectivity index (χ1v) is 6.56. The summed E-state index contributed by atoms with van der Waals surface area (Å²) in [4.78, 5) is 15.5. The van der Waals surface area contributed by atoms with Crippen molar-refractivity contribution in [2.45, 2.75) is 6.42 Å².